The van der Waals surface area contributed by atoms with Crippen molar-refractivity contribution in [2.45, 2.75) is 102 Å². The topological polar surface area (TPSA) is 84.4 Å². The maximum absolute atomic E-state index is 13.7. The highest BCUT2D eigenvalue weighted by atomic mass is 19.4. The van der Waals surface area contributed by atoms with Gasteiger partial charge in [0.25, 0.3) is 0 Å². The zero-order valence-electron chi connectivity index (χ0n) is 29.4. The molecule has 3 aliphatic rings. The number of carbonyl (C=O) groups is 1. The Kier molecular flexibility index (Phi) is 11.4. The Morgan fingerprint density at radius 2 is 1.73 bits per heavy atom. The Morgan fingerprint density at radius 1 is 1.06 bits per heavy atom. The number of aliphatic hydroxyl groups is 1. The minimum Gasteiger partial charge on any atom is -0.500 e. The van der Waals surface area contributed by atoms with Crippen LogP contribution in [0.4, 0.5) is 37.0 Å². The minimum atomic E-state index is -5.05. The van der Waals surface area contributed by atoms with Gasteiger partial charge >= 0.3 is 18.4 Å². The summed E-state index contributed by atoms with van der Waals surface area (Å²) in [6.45, 7) is 7.08. The van der Waals surface area contributed by atoms with E-state index in [1.807, 2.05) is 38.1 Å². The molecular weight excluding hydrogens is 680 g/mol. The van der Waals surface area contributed by atoms with Crippen LogP contribution < -0.4 is 4.90 Å². The Bertz CT molecular complexity index is 1610. The third-order valence-electron chi connectivity index (χ3n) is 10.4. The molecule has 2 aliphatic heterocycles. The van der Waals surface area contributed by atoms with Gasteiger partial charge in [-0.25, -0.2) is 9.78 Å². The van der Waals surface area contributed by atoms with Gasteiger partial charge in [-0.15, -0.1) is 0 Å². The quantitative estimate of drug-likeness (QED) is 0.163. The van der Waals surface area contributed by atoms with Gasteiger partial charge in [-0.2, -0.15) is 26.3 Å². The van der Waals surface area contributed by atoms with Crippen LogP contribution in [0.5, 0.6) is 0 Å². The maximum atomic E-state index is 13.7. The second kappa shape index (κ2) is 15.1. The summed E-state index contributed by atoms with van der Waals surface area (Å²) in [7, 11) is 3.06. The van der Waals surface area contributed by atoms with Gasteiger partial charge in [0.1, 0.15) is 17.7 Å². The van der Waals surface area contributed by atoms with E-state index in [4.69, 9.17) is 19.2 Å². The lowest BCUT2D eigenvalue weighted by Gasteiger charge is -2.38. The number of rotatable bonds is 13. The largest absolute Gasteiger partial charge is 0.500 e. The average Bonchev–Trinajstić information content (AvgIpc) is 3.33. The summed E-state index contributed by atoms with van der Waals surface area (Å²) in [6, 6.07) is 4.21. The van der Waals surface area contributed by atoms with Gasteiger partial charge in [0.15, 0.2) is 6.29 Å². The van der Waals surface area contributed by atoms with Gasteiger partial charge in [0.05, 0.1) is 41.9 Å². The van der Waals surface area contributed by atoms with E-state index in [0.717, 1.165) is 56.3 Å². The second-order valence-corrected chi connectivity index (χ2v) is 13.8. The van der Waals surface area contributed by atoms with E-state index in [-0.39, 0.29) is 18.5 Å². The van der Waals surface area contributed by atoms with Crippen molar-refractivity contribution in [3.63, 3.8) is 0 Å². The molecule has 8 nitrogen and oxygen atoms in total. The fourth-order valence-corrected chi connectivity index (χ4v) is 7.30. The fourth-order valence-electron chi connectivity index (χ4n) is 7.30. The maximum Gasteiger partial charge on any atom is 0.416 e. The minimum absolute atomic E-state index is 0.00234. The number of aliphatic hydroxyl groups excluding tert-OH is 1. The molecule has 5 rings (SSSR count). The van der Waals surface area contributed by atoms with Crippen molar-refractivity contribution in [2.24, 2.45) is 5.92 Å². The van der Waals surface area contributed by atoms with E-state index in [0.29, 0.717) is 35.8 Å². The number of pyridine rings is 1. The summed E-state index contributed by atoms with van der Waals surface area (Å²) < 4.78 is 98.6. The summed E-state index contributed by atoms with van der Waals surface area (Å²) in [5.41, 5.74) is -1.64. The zero-order chi connectivity index (χ0) is 37.3. The van der Waals surface area contributed by atoms with Crippen molar-refractivity contribution < 1.29 is 50.5 Å². The summed E-state index contributed by atoms with van der Waals surface area (Å²) in [5, 5.41) is 10.2. The second-order valence-electron chi connectivity index (χ2n) is 13.8. The van der Waals surface area contributed by atoms with Crippen molar-refractivity contribution in [1.29, 1.82) is 0 Å². The molecule has 14 heteroatoms. The molecule has 2 aromatic rings. The van der Waals surface area contributed by atoms with Crippen molar-refractivity contribution in [1.82, 2.24) is 9.88 Å². The van der Waals surface area contributed by atoms with Crippen molar-refractivity contribution in [3.8, 4) is 0 Å². The predicted octanol–water partition coefficient (Wildman–Crippen LogP) is 8.69. The normalized spacial score (nSPS) is 23.7. The number of halogens is 6. The molecule has 5 atom stereocenters. The molecule has 1 aromatic heterocycles. The lowest BCUT2D eigenvalue weighted by Crippen LogP contribution is -2.39. The number of allylic oxidation sites excluding steroid dienone is 4. The average molecular weight is 726 g/mol. The first-order valence-electron chi connectivity index (χ1n) is 17.2. The van der Waals surface area contributed by atoms with E-state index in [1.54, 1.807) is 7.11 Å². The number of benzene rings is 1. The number of amides is 1. The van der Waals surface area contributed by atoms with Gasteiger partial charge < -0.3 is 24.2 Å². The van der Waals surface area contributed by atoms with Crippen LogP contribution in [0.1, 0.15) is 93.3 Å². The number of carbonyl (C=O) groups excluding carboxylic acids is 1. The number of methoxy groups -OCH3 is 2. The van der Waals surface area contributed by atoms with Gasteiger partial charge in [-0.1, -0.05) is 24.6 Å². The van der Waals surface area contributed by atoms with Crippen LogP contribution in [-0.4, -0.2) is 60.7 Å². The Hall–Kier alpha value is -3.78. The third kappa shape index (κ3) is 8.16. The van der Waals surface area contributed by atoms with E-state index >= 15 is 0 Å². The van der Waals surface area contributed by atoms with Crippen LogP contribution in [-0.2, 0) is 38.5 Å². The lowest BCUT2D eigenvalue weighted by atomic mass is 9.71. The molecule has 0 bridgehead atoms. The van der Waals surface area contributed by atoms with Crippen LogP contribution >= 0.6 is 0 Å². The molecule has 3 heterocycles. The van der Waals surface area contributed by atoms with Crippen LogP contribution in [0.3, 0.4) is 0 Å². The first-order chi connectivity index (χ1) is 24.0. The zero-order valence-corrected chi connectivity index (χ0v) is 29.4. The highest BCUT2D eigenvalue weighted by Crippen LogP contribution is 2.46. The number of hydrogen-bond acceptors (Lipinski definition) is 7. The Balaban J connectivity index is 1.46. The first kappa shape index (κ1) is 38.5. The molecule has 2 unspecified atom stereocenters. The molecule has 51 heavy (non-hydrogen) atoms. The van der Waals surface area contributed by atoms with Crippen molar-refractivity contribution in [2.75, 3.05) is 32.2 Å². The Morgan fingerprint density at radius 3 is 2.27 bits per heavy atom. The molecule has 1 aliphatic carbocycles. The van der Waals surface area contributed by atoms with E-state index in [9.17, 15) is 36.2 Å². The van der Waals surface area contributed by atoms with Crippen LogP contribution in [0.15, 0.2) is 53.8 Å². The number of nitrogens with zero attached hydrogens (tertiary/aromatic N) is 3. The number of ether oxygens (including phenoxy) is 3. The summed E-state index contributed by atoms with van der Waals surface area (Å²) in [6.07, 6.45) is -4.55. The van der Waals surface area contributed by atoms with Gasteiger partial charge in [-0.3, -0.25) is 4.90 Å². The molecule has 1 amide bonds. The molecule has 280 valence electrons. The lowest BCUT2D eigenvalue weighted by molar-refractivity contribution is -0.143. The SMILES string of the molecule is CC[C@@H](CCCC1=CC=C(OC)C(C)(c2ccc(N3CCC3)nc2CN2C(=O)O[C@H](c3cc(C(F)(F)F)cc(C(F)(F)F)c3)[C@@H]2C)C1)C(O)OC. The Labute approximate surface area is 294 Å². The molecular formula is C37H45F6N3O5. The number of alkyl halides is 6. The molecule has 0 radical (unpaired) electrons. The standard InChI is InChI=1S/C37H45F6N3O5/c1-6-24(33(47)50-5)10-7-9-23-11-13-30(49-4)35(3,20-23)28-12-14-31(45-15-8-16-45)44-29(28)21-46-22(2)32(51-34(46)48)25-17-26(36(38,39)40)19-27(18-25)37(41,42)43/h11-14,17-19,22,24,32-33,47H,6-10,15-16,20-21H2,1-5H3/t22-,24-,32-,33?,35?/m0/s1. The van der Waals surface area contributed by atoms with Crippen LogP contribution in [0.2, 0.25) is 0 Å². The molecule has 0 saturated carbocycles. The summed E-state index contributed by atoms with van der Waals surface area (Å²) in [4.78, 5) is 21.8. The third-order valence-corrected chi connectivity index (χ3v) is 10.4. The fraction of sp³-hybridized carbons (Fsp3) is 0.568. The monoisotopic (exact) mass is 725 g/mol. The molecule has 0 spiro atoms. The predicted molar refractivity (Wildman–Crippen MR) is 178 cm³/mol. The first-order valence-corrected chi connectivity index (χ1v) is 17.2. The summed E-state index contributed by atoms with van der Waals surface area (Å²) >= 11 is 0. The number of hydrogen-bond donors (Lipinski definition) is 1. The molecule has 2 fully saturated rings. The number of anilines is 1. The van der Waals surface area contributed by atoms with Gasteiger partial charge in [-0.05, 0) is 93.8 Å². The van der Waals surface area contributed by atoms with E-state index < -0.39 is 59.0 Å². The highest BCUT2D eigenvalue weighted by molar-refractivity contribution is 5.71. The van der Waals surface area contributed by atoms with E-state index in [2.05, 4.69) is 4.90 Å². The van der Waals surface area contributed by atoms with Crippen molar-refractivity contribution >= 4 is 11.9 Å². The van der Waals surface area contributed by atoms with Crippen LogP contribution in [0.25, 0.3) is 0 Å². The number of aromatic nitrogens is 1. The summed E-state index contributed by atoms with van der Waals surface area (Å²) in [5.74, 6) is 1.37. The van der Waals surface area contributed by atoms with Gasteiger partial charge in [0, 0.05) is 26.1 Å². The molecule has 2 saturated heterocycles. The molecule has 1 N–H and O–H groups in total. The smallest absolute Gasteiger partial charge is 0.416 e. The highest BCUT2D eigenvalue weighted by Gasteiger charge is 2.45. The molecule has 1 aromatic carbocycles. The van der Waals surface area contributed by atoms with Crippen LogP contribution in [0, 0.1) is 5.92 Å². The van der Waals surface area contributed by atoms with Gasteiger partial charge in [0.2, 0.25) is 0 Å². The number of cyclic esters (lactones) is 1. The van der Waals surface area contributed by atoms with E-state index in [1.165, 1.54) is 18.9 Å². The van der Waals surface area contributed by atoms with Crippen molar-refractivity contribution in [3.05, 3.63) is 81.8 Å².